The molecule has 1 N–H and O–H groups in total. The molecule has 5 nitrogen and oxygen atoms in total. The van der Waals surface area contributed by atoms with E-state index >= 15 is 0 Å². The Morgan fingerprint density at radius 3 is 3.14 bits per heavy atom. The van der Waals surface area contributed by atoms with Crippen molar-refractivity contribution in [2.45, 2.75) is 12.5 Å². The molecule has 1 fully saturated rings. The molecule has 0 spiro atoms. The summed E-state index contributed by atoms with van der Waals surface area (Å²) in [6.45, 7) is 0.510. The maximum absolute atomic E-state index is 10.9. The third-order valence-corrected chi connectivity index (χ3v) is 2.46. The summed E-state index contributed by atoms with van der Waals surface area (Å²) in [7, 11) is 1.80. The molecule has 14 heavy (non-hydrogen) atoms. The van der Waals surface area contributed by atoms with Gasteiger partial charge in [-0.05, 0) is 6.42 Å². The van der Waals surface area contributed by atoms with Crippen molar-refractivity contribution in [1.29, 1.82) is 0 Å². The molecular formula is C9H12N2O3. The van der Waals surface area contributed by atoms with Gasteiger partial charge in [-0.1, -0.05) is 0 Å². The van der Waals surface area contributed by atoms with E-state index in [0.29, 0.717) is 13.0 Å². The predicted molar refractivity (Wildman–Crippen MR) is 47.6 cm³/mol. The average molecular weight is 196 g/mol. The number of carboxylic acid groups (broad SMARTS) is 1. The van der Waals surface area contributed by atoms with Crippen LogP contribution in [0.3, 0.4) is 0 Å². The molecule has 2 atom stereocenters. The highest BCUT2D eigenvalue weighted by Crippen LogP contribution is 2.34. The Kier molecular flexibility index (Phi) is 2.25. The van der Waals surface area contributed by atoms with Gasteiger partial charge in [-0.25, -0.2) is 0 Å². The van der Waals surface area contributed by atoms with Gasteiger partial charge < -0.3 is 9.84 Å². The third-order valence-electron chi connectivity index (χ3n) is 2.46. The van der Waals surface area contributed by atoms with E-state index in [9.17, 15) is 4.79 Å². The van der Waals surface area contributed by atoms with Gasteiger partial charge in [0.05, 0.1) is 18.2 Å². The second-order valence-corrected chi connectivity index (χ2v) is 3.47. The summed E-state index contributed by atoms with van der Waals surface area (Å²) in [4.78, 5) is 10.9. The number of aliphatic carboxylic acids is 1. The molecular weight excluding hydrogens is 184 g/mol. The molecule has 0 saturated carbocycles. The molecule has 1 saturated heterocycles. The van der Waals surface area contributed by atoms with Gasteiger partial charge in [-0.15, -0.1) is 0 Å². The highest BCUT2D eigenvalue weighted by atomic mass is 16.5. The summed E-state index contributed by atoms with van der Waals surface area (Å²) in [5.41, 5.74) is 0.845. The Hall–Kier alpha value is -1.36. The SMILES string of the molecule is Cn1cc([C@H]2OCC[C@@H]2C(=O)O)cn1. The minimum atomic E-state index is -0.795. The first-order valence-electron chi connectivity index (χ1n) is 4.51. The molecule has 0 radical (unpaired) electrons. The fraction of sp³-hybridized carbons (Fsp3) is 0.556. The lowest BCUT2D eigenvalue weighted by Crippen LogP contribution is -2.17. The molecule has 2 rings (SSSR count). The maximum Gasteiger partial charge on any atom is 0.309 e. The second-order valence-electron chi connectivity index (χ2n) is 3.47. The Bertz CT molecular complexity index is 348. The number of ether oxygens (including phenoxy) is 1. The van der Waals surface area contributed by atoms with Gasteiger partial charge in [0, 0.05) is 25.4 Å². The lowest BCUT2D eigenvalue weighted by atomic mass is 9.98. The van der Waals surface area contributed by atoms with Crippen LogP contribution in [-0.4, -0.2) is 27.5 Å². The van der Waals surface area contributed by atoms with Crippen molar-refractivity contribution in [2.24, 2.45) is 13.0 Å². The van der Waals surface area contributed by atoms with E-state index in [2.05, 4.69) is 5.10 Å². The highest BCUT2D eigenvalue weighted by Gasteiger charge is 2.35. The van der Waals surface area contributed by atoms with Crippen LogP contribution in [0.25, 0.3) is 0 Å². The van der Waals surface area contributed by atoms with Crippen LogP contribution >= 0.6 is 0 Å². The largest absolute Gasteiger partial charge is 0.481 e. The summed E-state index contributed by atoms with van der Waals surface area (Å²) >= 11 is 0. The lowest BCUT2D eigenvalue weighted by molar-refractivity contribution is -0.143. The standard InChI is InChI=1S/C9H12N2O3/c1-11-5-6(4-10-11)8-7(9(12)13)2-3-14-8/h4-5,7-8H,2-3H2,1H3,(H,12,13)/t7-,8+/m0/s1. The molecule has 0 aliphatic carbocycles. The summed E-state index contributed by atoms with van der Waals surface area (Å²) in [5.74, 6) is -1.23. The van der Waals surface area contributed by atoms with Gasteiger partial charge in [0.25, 0.3) is 0 Å². The van der Waals surface area contributed by atoms with Gasteiger partial charge >= 0.3 is 5.97 Å². The second kappa shape index (κ2) is 3.42. The van der Waals surface area contributed by atoms with Crippen LogP contribution in [-0.2, 0) is 16.6 Å². The molecule has 0 aromatic carbocycles. The molecule has 1 aromatic heterocycles. The van der Waals surface area contributed by atoms with Crippen molar-refractivity contribution in [3.63, 3.8) is 0 Å². The zero-order chi connectivity index (χ0) is 10.1. The number of hydrogen-bond acceptors (Lipinski definition) is 3. The Labute approximate surface area is 81.3 Å². The number of carbonyl (C=O) groups is 1. The predicted octanol–water partition coefficient (Wildman–Crippen LogP) is 0.582. The number of aryl methyl sites for hydroxylation is 1. The lowest BCUT2D eigenvalue weighted by Gasteiger charge is -2.12. The third kappa shape index (κ3) is 1.50. The van der Waals surface area contributed by atoms with Crippen LogP contribution in [0.5, 0.6) is 0 Å². The number of rotatable bonds is 2. The highest BCUT2D eigenvalue weighted by molar-refractivity contribution is 5.71. The van der Waals surface area contributed by atoms with E-state index in [0.717, 1.165) is 5.56 Å². The van der Waals surface area contributed by atoms with Gasteiger partial charge in [-0.2, -0.15) is 5.10 Å². The average Bonchev–Trinajstić information content (AvgIpc) is 2.70. The van der Waals surface area contributed by atoms with E-state index in [1.165, 1.54) is 0 Å². The van der Waals surface area contributed by atoms with E-state index < -0.39 is 11.9 Å². The van der Waals surface area contributed by atoms with Gasteiger partial charge in [0.2, 0.25) is 0 Å². The topological polar surface area (TPSA) is 64.3 Å². The van der Waals surface area contributed by atoms with Crippen molar-refractivity contribution in [3.05, 3.63) is 18.0 Å². The maximum atomic E-state index is 10.9. The number of nitrogens with zero attached hydrogens (tertiary/aromatic N) is 2. The van der Waals surface area contributed by atoms with E-state index in [1.807, 2.05) is 0 Å². The molecule has 5 heteroatoms. The van der Waals surface area contributed by atoms with E-state index in [-0.39, 0.29) is 6.10 Å². The zero-order valence-electron chi connectivity index (χ0n) is 7.88. The quantitative estimate of drug-likeness (QED) is 0.751. The molecule has 0 amide bonds. The van der Waals surface area contributed by atoms with Gasteiger partial charge in [-0.3, -0.25) is 9.48 Å². The smallest absolute Gasteiger partial charge is 0.309 e. The minimum Gasteiger partial charge on any atom is -0.481 e. The summed E-state index contributed by atoms with van der Waals surface area (Å²) in [5, 5.41) is 12.9. The molecule has 2 heterocycles. The summed E-state index contributed by atoms with van der Waals surface area (Å²) in [6.07, 6.45) is 3.70. The first-order chi connectivity index (χ1) is 6.68. The molecule has 1 aromatic rings. The summed E-state index contributed by atoms with van der Waals surface area (Å²) in [6, 6.07) is 0. The summed E-state index contributed by atoms with van der Waals surface area (Å²) < 4.78 is 7.04. The Balaban J connectivity index is 2.21. The van der Waals surface area contributed by atoms with Crippen LogP contribution in [0, 0.1) is 5.92 Å². The van der Waals surface area contributed by atoms with Crippen molar-refractivity contribution < 1.29 is 14.6 Å². The molecule has 1 aliphatic heterocycles. The fourth-order valence-corrected chi connectivity index (χ4v) is 1.76. The zero-order valence-corrected chi connectivity index (χ0v) is 7.88. The van der Waals surface area contributed by atoms with Crippen LogP contribution in [0.2, 0.25) is 0 Å². The number of aromatic nitrogens is 2. The van der Waals surface area contributed by atoms with Gasteiger partial charge in [0.15, 0.2) is 0 Å². The van der Waals surface area contributed by atoms with E-state index in [1.54, 1.807) is 24.1 Å². The fourth-order valence-electron chi connectivity index (χ4n) is 1.76. The van der Waals surface area contributed by atoms with Crippen LogP contribution in [0.15, 0.2) is 12.4 Å². The minimum absolute atomic E-state index is 0.332. The van der Waals surface area contributed by atoms with E-state index in [4.69, 9.17) is 9.84 Å². The Morgan fingerprint density at radius 1 is 1.79 bits per heavy atom. The van der Waals surface area contributed by atoms with Crippen molar-refractivity contribution in [2.75, 3.05) is 6.61 Å². The van der Waals surface area contributed by atoms with Crippen molar-refractivity contribution in [1.82, 2.24) is 9.78 Å². The van der Waals surface area contributed by atoms with Crippen LogP contribution in [0.1, 0.15) is 18.1 Å². The molecule has 1 aliphatic rings. The van der Waals surface area contributed by atoms with Gasteiger partial charge in [0.1, 0.15) is 0 Å². The monoisotopic (exact) mass is 196 g/mol. The molecule has 0 unspecified atom stereocenters. The van der Waals surface area contributed by atoms with Crippen molar-refractivity contribution in [3.8, 4) is 0 Å². The van der Waals surface area contributed by atoms with Crippen LogP contribution < -0.4 is 0 Å². The molecule has 0 bridgehead atoms. The number of hydrogen-bond donors (Lipinski definition) is 1. The van der Waals surface area contributed by atoms with Crippen LogP contribution in [0.4, 0.5) is 0 Å². The first-order valence-corrected chi connectivity index (χ1v) is 4.51. The number of carboxylic acids is 1. The normalized spacial score (nSPS) is 26.6. The molecule has 76 valence electrons. The first kappa shape index (κ1) is 9.21. The Morgan fingerprint density at radius 2 is 2.57 bits per heavy atom. The van der Waals surface area contributed by atoms with Crippen molar-refractivity contribution >= 4 is 5.97 Å².